The molecular formula is C10H14N2O2S. The number of esters is 1. The molecule has 4 nitrogen and oxygen atoms in total. The average Bonchev–Trinajstić information content (AvgIpc) is 2.70. The first kappa shape index (κ1) is 10.4. The molecule has 0 bridgehead atoms. The topological polar surface area (TPSA) is 47.0 Å². The van der Waals surface area contributed by atoms with Crippen molar-refractivity contribution in [3.05, 3.63) is 16.2 Å². The van der Waals surface area contributed by atoms with Crippen molar-refractivity contribution in [2.24, 2.45) is 0 Å². The van der Waals surface area contributed by atoms with Gasteiger partial charge in [-0.3, -0.25) is 0 Å². The number of aromatic amines is 1. The third-order valence-corrected chi connectivity index (χ3v) is 3.08. The maximum atomic E-state index is 11.7. The van der Waals surface area contributed by atoms with Crippen molar-refractivity contribution in [3.63, 3.8) is 0 Å². The Labute approximate surface area is 93.3 Å². The molecule has 1 aliphatic rings. The summed E-state index contributed by atoms with van der Waals surface area (Å²) in [7, 11) is 0. The molecule has 1 aromatic heterocycles. The molecule has 2 heterocycles. The van der Waals surface area contributed by atoms with E-state index >= 15 is 0 Å². The minimum Gasteiger partial charge on any atom is -0.461 e. The minimum atomic E-state index is -0.300. The average molecular weight is 226 g/mol. The van der Waals surface area contributed by atoms with Crippen LogP contribution in [0.1, 0.15) is 42.4 Å². The van der Waals surface area contributed by atoms with Crippen LogP contribution in [-0.4, -0.2) is 22.1 Å². The Morgan fingerprint density at radius 1 is 1.73 bits per heavy atom. The fourth-order valence-corrected chi connectivity index (χ4v) is 2.33. The van der Waals surface area contributed by atoms with E-state index in [1.807, 2.05) is 4.57 Å². The molecule has 0 amide bonds. The van der Waals surface area contributed by atoms with E-state index < -0.39 is 0 Å². The molecule has 1 N–H and O–H groups in total. The number of nitrogens with one attached hydrogen (secondary N) is 1. The molecule has 5 heteroatoms. The van der Waals surface area contributed by atoms with Crippen LogP contribution in [0.4, 0.5) is 0 Å². The highest BCUT2D eigenvalue weighted by Crippen LogP contribution is 2.30. The van der Waals surface area contributed by atoms with Crippen LogP contribution in [-0.2, 0) is 11.3 Å². The summed E-state index contributed by atoms with van der Waals surface area (Å²) in [6, 6.07) is 0. The lowest BCUT2D eigenvalue weighted by Gasteiger charge is -2.04. The lowest BCUT2D eigenvalue weighted by atomic mass is 10.1. The number of nitrogens with zero attached hydrogens (tertiary/aromatic N) is 1. The van der Waals surface area contributed by atoms with Crippen LogP contribution >= 0.6 is 12.2 Å². The molecule has 0 aromatic carbocycles. The summed E-state index contributed by atoms with van der Waals surface area (Å²) < 4.78 is 7.60. The van der Waals surface area contributed by atoms with Gasteiger partial charge in [0.05, 0.1) is 12.3 Å². The number of aromatic nitrogens is 2. The fraction of sp³-hybridized carbons (Fsp3) is 0.600. The second-order valence-electron chi connectivity index (χ2n) is 3.75. The van der Waals surface area contributed by atoms with Crippen LogP contribution in [0.5, 0.6) is 0 Å². The summed E-state index contributed by atoms with van der Waals surface area (Å²) in [6.45, 7) is 5.18. The van der Waals surface area contributed by atoms with Crippen LogP contribution < -0.4 is 0 Å². The first-order chi connectivity index (χ1) is 7.15. The highest BCUT2D eigenvalue weighted by Gasteiger charge is 2.27. The second-order valence-corrected chi connectivity index (χ2v) is 4.14. The molecule has 0 aliphatic carbocycles. The molecule has 1 unspecified atom stereocenters. The van der Waals surface area contributed by atoms with E-state index in [-0.39, 0.29) is 5.97 Å². The lowest BCUT2D eigenvalue weighted by molar-refractivity contribution is 0.0518. The first-order valence-corrected chi connectivity index (χ1v) is 5.55. The predicted octanol–water partition coefficient (Wildman–Crippen LogP) is 2.23. The number of hydrogen-bond donors (Lipinski definition) is 1. The Balaban J connectivity index is 2.45. The van der Waals surface area contributed by atoms with Gasteiger partial charge in [0.1, 0.15) is 5.69 Å². The molecule has 82 valence electrons. The van der Waals surface area contributed by atoms with Crippen LogP contribution in [0.15, 0.2) is 0 Å². The van der Waals surface area contributed by atoms with Gasteiger partial charge in [0.15, 0.2) is 4.77 Å². The molecule has 0 radical (unpaired) electrons. The van der Waals surface area contributed by atoms with Gasteiger partial charge in [-0.1, -0.05) is 6.92 Å². The molecule has 0 saturated heterocycles. The Hall–Kier alpha value is -1.10. The van der Waals surface area contributed by atoms with Gasteiger partial charge < -0.3 is 14.3 Å². The standard InChI is InChI=1S/C10H14N2O2S/c1-3-14-9(13)7-8-6(2)4-5-12(8)10(15)11-7/h6H,3-5H2,1-2H3,(H,11,15). The lowest BCUT2D eigenvalue weighted by Crippen LogP contribution is -2.08. The summed E-state index contributed by atoms with van der Waals surface area (Å²) in [5.41, 5.74) is 1.53. The number of rotatable bonds is 2. The van der Waals surface area contributed by atoms with Crippen LogP contribution in [0.3, 0.4) is 0 Å². The van der Waals surface area contributed by atoms with Crippen LogP contribution in [0.25, 0.3) is 0 Å². The number of fused-ring (bicyclic) bond motifs is 1. The zero-order valence-corrected chi connectivity index (χ0v) is 9.69. The largest absolute Gasteiger partial charge is 0.461 e. The van der Waals surface area contributed by atoms with Crippen molar-refractivity contribution in [2.75, 3.05) is 6.61 Å². The number of carbonyl (C=O) groups is 1. The van der Waals surface area contributed by atoms with E-state index in [0.29, 0.717) is 23.0 Å². The van der Waals surface area contributed by atoms with Crippen molar-refractivity contribution in [1.82, 2.24) is 9.55 Å². The number of ether oxygens (including phenoxy) is 1. The van der Waals surface area contributed by atoms with Gasteiger partial charge in [0.25, 0.3) is 0 Å². The summed E-state index contributed by atoms with van der Waals surface area (Å²) in [5, 5.41) is 0. The zero-order chi connectivity index (χ0) is 11.0. The Kier molecular flexibility index (Phi) is 2.65. The number of imidazole rings is 1. The fourth-order valence-electron chi connectivity index (χ4n) is 2.04. The van der Waals surface area contributed by atoms with E-state index in [1.165, 1.54) is 0 Å². The smallest absolute Gasteiger partial charge is 0.356 e. The Morgan fingerprint density at radius 2 is 2.47 bits per heavy atom. The normalized spacial score (nSPS) is 18.9. The Bertz CT molecular complexity index is 447. The molecule has 1 aliphatic heterocycles. The monoisotopic (exact) mass is 226 g/mol. The maximum Gasteiger partial charge on any atom is 0.356 e. The second kappa shape index (κ2) is 3.81. The molecule has 1 atom stereocenters. The van der Waals surface area contributed by atoms with Gasteiger partial charge in [-0.15, -0.1) is 0 Å². The van der Waals surface area contributed by atoms with E-state index in [0.717, 1.165) is 18.7 Å². The van der Waals surface area contributed by atoms with Crippen molar-refractivity contribution < 1.29 is 9.53 Å². The summed E-state index contributed by atoms with van der Waals surface area (Å²) in [4.78, 5) is 14.6. The highest BCUT2D eigenvalue weighted by atomic mass is 32.1. The van der Waals surface area contributed by atoms with Gasteiger partial charge in [-0.25, -0.2) is 4.79 Å². The van der Waals surface area contributed by atoms with Crippen LogP contribution in [0.2, 0.25) is 0 Å². The molecule has 0 spiro atoms. The van der Waals surface area contributed by atoms with Crippen molar-refractivity contribution in [1.29, 1.82) is 0 Å². The van der Waals surface area contributed by atoms with E-state index in [4.69, 9.17) is 17.0 Å². The Morgan fingerprint density at radius 3 is 3.13 bits per heavy atom. The van der Waals surface area contributed by atoms with E-state index in [1.54, 1.807) is 6.92 Å². The molecule has 2 rings (SSSR count). The zero-order valence-electron chi connectivity index (χ0n) is 8.87. The summed E-state index contributed by atoms with van der Waals surface area (Å²) in [5.74, 6) is 0.0726. The number of H-pyrrole nitrogens is 1. The molecular weight excluding hydrogens is 212 g/mol. The summed E-state index contributed by atoms with van der Waals surface area (Å²) >= 11 is 5.16. The van der Waals surface area contributed by atoms with Crippen molar-refractivity contribution in [2.45, 2.75) is 32.7 Å². The van der Waals surface area contributed by atoms with Crippen LogP contribution in [0, 0.1) is 4.77 Å². The number of carbonyl (C=O) groups excluding carboxylic acids is 1. The SMILES string of the molecule is CCOC(=O)c1[nH]c(=S)n2c1C(C)CC2. The van der Waals surface area contributed by atoms with Gasteiger partial charge in [0.2, 0.25) is 0 Å². The van der Waals surface area contributed by atoms with E-state index in [2.05, 4.69) is 11.9 Å². The van der Waals surface area contributed by atoms with Gasteiger partial charge in [-0.2, -0.15) is 0 Å². The van der Waals surface area contributed by atoms with Gasteiger partial charge in [0, 0.05) is 12.5 Å². The third-order valence-electron chi connectivity index (χ3n) is 2.76. The summed E-state index contributed by atoms with van der Waals surface area (Å²) in [6.07, 6.45) is 1.04. The highest BCUT2D eigenvalue weighted by molar-refractivity contribution is 7.71. The quantitative estimate of drug-likeness (QED) is 0.621. The van der Waals surface area contributed by atoms with Gasteiger partial charge >= 0.3 is 5.97 Å². The third kappa shape index (κ3) is 1.61. The maximum absolute atomic E-state index is 11.7. The minimum absolute atomic E-state index is 0.300. The molecule has 0 saturated carbocycles. The molecule has 0 fully saturated rings. The molecule has 1 aromatic rings. The van der Waals surface area contributed by atoms with Crippen molar-refractivity contribution >= 4 is 18.2 Å². The number of hydrogen-bond acceptors (Lipinski definition) is 3. The van der Waals surface area contributed by atoms with Crippen molar-refractivity contribution in [3.8, 4) is 0 Å². The first-order valence-electron chi connectivity index (χ1n) is 5.15. The molecule has 15 heavy (non-hydrogen) atoms. The van der Waals surface area contributed by atoms with E-state index in [9.17, 15) is 4.79 Å². The van der Waals surface area contributed by atoms with Gasteiger partial charge in [-0.05, 0) is 25.6 Å². The predicted molar refractivity (Wildman–Crippen MR) is 58.6 cm³/mol.